The van der Waals surface area contributed by atoms with Crippen LogP contribution >= 0.6 is 11.6 Å². The maximum Gasteiger partial charge on any atom is 0.349 e. The first-order valence-electron chi connectivity index (χ1n) is 10.7. The second-order valence-corrected chi connectivity index (χ2v) is 8.48. The molecule has 0 aliphatic carbocycles. The molecule has 0 saturated heterocycles. The number of hydrogen-bond acceptors (Lipinski definition) is 8. The van der Waals surface area contributed by atoms with Crippen molar-refractivity contribution in [3.63, 3.8) is 0 Å². The van der Waals surface area contributed by atoms with Crippen LogP contribution in [-0.2, 0) is 4.79 Å². The highest BCUT2D eigenvalue weighted by molar-refractivity contribution is 6.32. The normalized spacial score (nSPS) is 14.3. The summed E-state index contributed by atoms with van der Waals surface area (Å²) >= 11 is 6.16. The number of nitriles is 1. The Kier molecular flexibility index (Phi) is 6.81. The van der Waals surface area contributed by atoms with Gasteiger partial charge in [-0.15, -0.1) is 0 Å². The van der Waals surface area contributed by atoms with E-state index in [0.29, 0.717) is 27.6 Å². The van der Waals surface area contributed by atoms with Crippen molar-refractivity contribution in [3.05, 3.63) is 103 Å². The van der Waals surface area contributed by atoms with E-state index in [1.54, 1.807) is 36.4 Å². The zero-order valence-corrected chi connectivity index (χ0v) is 20.0. The van der Waals surface area contributed by atoms with Crippen molar-refractivity contribution in [1.29, 1.82) is 5.26 Å². The summed E-state index contributed by atoms with van der Waals surface area (Å²) in [6, 6.07) is 16.1. The number of ether oxygens (including phenoxy) is 3. The number of non-ortho nitro benzene ring substituents is 1. The van der Waals surface area contributed by atoms with Crippen molar-refractivity contribution in [2.75, 3.05) is 6.61 Å². The van der Waals surface area contributed by atoms with Crippen LogP contribution in [0.4, 0.5) is 5.69 Å². The summed E-state index contributed by atoms with van der Waals surface area (Å²) in [6.07, 6.45) is 0. The van der Waals surface area contributed by atoms with Gasteiger partial charge in [-0.25, -0.2) is 4.79 Å². The molecule has 0 aromatic heterocycles. The number of nitrogens with two attached hydrogens (primary N) is 1. The SMILES string of the molecule is Cc1cc(OCC(=O)Oc2ccc3c(c2)OC(N)=C(C#N)C3c2ccc([N+](=O)[O-])cc2)cc(C)c1Cl. The molecular formula is C26H20ClN3O6. The summed E-state index contributed by atoms with van der Waals surface area (Å²) in [5.41, 5.74) is 8.97. The minimum Gasteiger partial charge on any atom is -0.482 e. The van der Waals surface area contributed by atoms with Crippen LogP contribution in [0.15, 0.2) is 66.1 Å². The fourth-order valence-corrected chi connectivity index (χ4v) is 4.03. The van der Waals surface area contributed by atoms with Gasteiger partial charge < -0.3 is 19.9 Å². The first kappa shape index (κ1) is 24.6. The number of nitrogens with zero attached hydrogens (tertiary/aromatic N) is 2. The highest BCUT2D eigenvalue weighted by Gasteiger charge is 2.31. The van der Waals surface area contributed by atoms with E-state index in [1.807, 2.05) is 13.8 Å². The summed E-state index contributed by atoms with van der Waals surface area (Å²) in [5, 5.41) is 21.3. The van der Waals surface area contributed by atoms with E-state index in [9.17, 15) is 20.2 Å². The number of esters is 1. The molecule has 2 N–H and O–H groups in total. The largest absolute Gasteiger partial charge is 0.482 e. The van der Waals surface area contributed by atoms with Crippen LogP contribution in [0, 0.1) is 35.3 Å². The fraction of sp³-hybridized carbons (Fsp3) is 0.154. The molecule has 9 nitrogen and oxygen atoms in total. The molecule has 10 heteroatoms. The molecular weight excluding hydrogens is 486 g/mol. The molecule has 0 amide bonds. The average molecular weight is 506 g/mol. The van der Waals surface area contributed by atoms with Crippen molar-refractivity contribution in [3.8, 4) is 23.3 Å². The minimum absolute atomic E-state index is 0.0742. The Hall–Kier alpha value is -4.55. The van der Waals surface area contributed by atoms with Gasteiger partial charge in [-0.1, -0.05) is 29.8 Å². The standard InChI is InChI=1S/C26H20ClN3O6/c1-14-9-19(10-15(2)25(14)27)34-13-23(31)35-18-7-8-20-22(11-18)36-26(29)21(12-28)24(20)16-3-5-17(6-4-16)30(32)33/h3-11,24H,13,29H2,1-2H3. The van der Waals surface area contributed by atoms with E-state index in [4.69, 9.17) is 31.5 Å². The van der Waals surface area contributed by atoms with Gasteiger partial charge in [-0.2, -0.15) is 5.26 Å². The lowest BCUT2D eigenvalue weighted by molar-refractivity contribution is -0.384. The molecule has 0 bridgehead atoms. The Morgan fingerprint density at radius 1 is 1.14 bits per heavy atom. The fourth-order valence-electron chi connectivity index (χ4n) is 3.92. The third kappa shape index (κ3) is 4.94. The summed E-state index contributed by atoms with van der Waals surface area (Å²) in [7, 11) is 0. The summed E-state index contributed by atoms with van der Waals surface area (Å²) < 4.78 is 16.6. The van der Waals surface area contributed by atoms with Crippen LogP contribution in [0.3, 0.4) is 0 Å². The number of benzene rings is 3. The Balaban J connectivity index is 1.54. The van der Waals surface area contributed by atoms with Crippen molar-refractivity contribution in [2.45, 2.75) is 19.8 Å². The van der Waals surface area contributed by atoms with Crippen LogP contribution in [0.1, 0.15) is 28.2 Å². The number of nitro groups is 1. The van der Waals surface area contributed by atoms with Crippen molar-refractivity contribution in [1.82, 2.24) is 0 Å². The molecule has 1 heterocycles. The molecule has 4 rings (SSSR count). The molecule has 1 aliphatic heterocycles. The second kappa shape index (κ2) is 9.98. The number of allylic oxidation sites excluding steroid dienone is 1. The van der Waals surface area contributed by atoms with E-state index >= 15 is 0 Å². The molecule has 3 aromatic rings. The minimum atomic E-state index is -0.635. The quantitative estimate of drug-likeness (QED) is 0.212. The van der Waals surface area contributed by atoms with Crippen LogP contribution in [0.25, 0.3) is 0 Å². The summed E-state index contributed by atoms with van der Waals surface area (Å²) in [6.45, 7) is 3.36. The molecule has 36 heavy (non-hydrogen) atoms. The summed E-state index contributed by atoms with van der Waals surface area (Å²) in [5.74, 6) is -0.360. The second-order valence-electron chi connectivity index (χ2n) is 8.11. The molecule has 0 saturated carbocycles. The molecule has 1 aliphatic rings. The molecule has 0 spiro atoms. The van der Waals surface area contributed by atoms with E-state index in [1.165, 1.54) is 18.2 Å². The van der Waals surface area contributed by atoms with Gasteiger partial charge in [-0.3, -0.25) is 10.1 Å². The van der Waals surface area contributed by atoms with Crippen LogP contribution in [0.2, 0.25) is 5.02 Å². The maximum atomic E-state index is 12.4. The number of fused-ring (bicyclic) bond motifs is 1. The van der Waals surface area contributed by atoms with Gasteiger partial charge >= 0.3 is 5.97 Å². The lowest BCUT2D eigenvalue weighted by Crippen LogP contribution is -2.21. The van der Waals surface area contributed by atoms with Crippen LogP contribution in [0.5, 0.6) is 17.2 Å². The maximum absolute atomic E-state index is 12.4. The average Bonchev–Trinajstić information content (AvgIpc) is 2.85. The van der Waals surface area contributed by atoms with Gasteiger partial charge in [0.15, 0.2) is 6.61 Å². The van der Waals surface area contributed by atoms with Crippen molar-refractivity contribution in [2.24, 2.45) is 5.73 Å². The number of carbonyl (C=O) groups is 1. The third-order valence-electron chi connectivity index (χ3n) is 5.63. The first-order chi connectivity index (χ1) is 17.2. The predicted molar refractivity (Wildman–Crippen MR) is 131 cm³/mol. The van der Waals surface area contributed by atoms with Gasteiger partial charge in [0.25, 0.3) is 5.69 Å². The zero-order valence-electron chi connectivity index (χ0n) is 19.3. The lowest BCUT2D eigenvalue weighted by atomic mass is 9.83. The van der Waals surface area contributed by atoms with Gasteiger partial charge in [0.1, 0.15) is 28.9 Å². The van der Waals surface area contributed by atoms with Gasteiger partial charge in [0.05, 0.1) is 10.8 Å². The molecule has 0 fully saturated rings. The summed E-state index contributed by atoms with van der Waals surface area (Å²) in [4.78, 5) is 22.9. The first-order valence-corrected chi connectivity index (χ1v) is 11.1. The van der Waals surface area contributed by atoms with E-state index < -0.39 is 16.8 Å². The molecule has 182 valence electrons. The lowest BCUT2D eigenvalue weighted by Gasteiger charge is -2.26. The van der Waals surface area contributed by atoms with E-state index in [-0.39, 0.29) is 29.5 Å². The van der Waals surface area contributed by atoms with Gasteiger partial charge in [0.2, 0.25) is 5.88 Å². The molecule has 1 unspecified atom stereocenters. The smallest absolute Gasteiger partial charge is 0.349 e. The number of halogens is 1. The number of aryl methyl sites for hydroxylation is 2. The molecule has 3 aromatic carbocycles. The predicted octanol–water partition coefficient (Wildman–Crippen LogP) is 5.07. The van der Waals surface area contributed by atoms with Gasteiger partial charge in [-0.05, 0) is 48.7 Å². The molecule has 0 radical (unpaired) electrons. The molecule has 1 atom stereocenters. The van der Waals surface area contributed by atoms with Crippen molar-refractivity contribution >= 4 is 23.3 Å². The van der Waals surface area contributed by atoms with Crippen LogP contribution < -0.4 is 19.9 Å². The number of nitro benzene ring substituents is 1. The Labute approximate surface area is 211 Å². The monoisotopic (exact) mass is 505 g/mol. The Morgan fingerprint density at radius 2 is 1.81 bits per heavy atom. The van der Waals surface area contributed by atoms with E-state index in [0.717, 1.165) is 11.1 Å². The number of rotatable bonds is 6. The van der Waals surface area contributed by atoms with Crippen LogP contribution in [-0.4, -0.2) is 17.5 Å². The zero-order chi connectivity index (χ0) is 26.0. The Bertz CT molecular complexity index is 1420. The number of carbonyl (C=O) groups excluding carboxylic acids is 1. The van der Waals surface area contributed by atoms with Crippen molar-refractivity contribution < 1.29 is 23.9 Å². The highest BCUT2D eigenvalue weighted by Crippen LogP contribution is 2.43. The highest BCUT2D eigenvalue weighted by atomic mass is 35.5. The van der Waals surface area contributed by atoms with E-state index in [2.05, 4.69) is 6.07 Å². The van der Waals surface area contributed by atoms with Gasteiger partial charge in [0, 0.05) is 28.8 Å². The third-order valence-corrected chi connectivity index (χ3v) is 6.22. The Morgan fingerprint density at radius 3 is 2.42 bits per heavy atom. The number of hydrogen-bond donors (Lipinski definition) is 1. The topological polar surface area (TPSA) is 138 Å².